The Bertz CT molecular complexity index is 829. The van der Waals surface area contributed by atoms with Gasteiger partial charge in [-0.25, -0.2) is 9.97 Å². The molecule has 1 atom stereocenters. The van der Waals surface area contributed by atoms with Crippen molar-refractivity contribution in [2.45, 2.75) is 13.0 Å². The number of thiophene rings is 1. The molecular weight excluding hydrogens is 322 g/mol. The molecule has 1 aliphatic heterocycles. The van der Waals surface area contributed by atoms with Crippen molar-refractivity contribution in [3.05, 3.63) is 42.2 Å². The molecule has 5 nitrogen and oxygen atoms in total. The summed E-state index contributed by atoms with van der Waals surface area (Å²) in [6.45, 7) is 4.56. The Hall–Kier alpha value is -2.02. The van der Waals surface area contributed by atoms with Gasteiger partial charge in [-0.2, -0.15) is 0 Å². The topological polar surface area (TPSA) is 56.3 Å². The number of anilines is 1. The van der Waals surface area contributed by atoms with Gasteiger partial charge in [0.15, 0.2) is 0 Å². The van der Waals surface area contributed by atoms with Crippen LogP contribution in [0.4, 0.5) is 5.82 Å². The highest BCUT2D eigenvalue weighted by Crippen LogP contribution is 2.35. The monoisotopic (exact) mass is 341 g/mol. The van der Waals surface area contributed by atoms with Crippen LogP contribution in [0.2, 0.25) is 0 Å². The van der Waals surface area contributed by atoms with Crippen molar-refractivity contribution < 1.29 is 9.47 Å². The van der Waals surface area contributed by atoms with Gasteiger partial charge < -0.3 is 14.8 Å². The smallest absolute Gasteiger partial charge is 0.138 e. The lowest BCUT2D eigenvalue weighted by Crippen LogP contribution is -2.34. The molecule has 0 spiro atoms. The van der Waals surface area contributed by atoms with E-state index in [4.69, 9.17) is 9.47 Å². The van der Waals surface area contributed by atoms with Crippen molar-refractivity contribution in [1.82, 2.24) is 9.97 Å². The second-order valence-electron chi connectivity index (χ2n) is 5.76. The van der Waals surface area contributed by atoms with Gasteiger partial charge in [0, 0.05) is 11.4 Å². The van der Waals surface area contributed by atoms with Gasteiger partial charge in [-0.1, -0.05) is 30.3 Å². The Kier molecular flexibility index (Phi) is 4.42. The van der Waals surface area contributed by atoms with Crippen LogP contribution in [0.1, 0.15) is 5.82 Å². The molecule has 4 rings (SSSR count). The fraction of sp³-hybridized carbons (Fsp3) is 0.333. The summed E-state index contributed by atoms with van der Waals surface area (Å²) >= 11 is 1.69. The standard InChI is InChI=1S/C18H19N3O2S/c1-12-20-17(19-10-14-11-22-7-8-23-14)15-9-16(24-18(15)21-12)13-5-3-2-4-6-13/h2-6,9,14H,7-8,10-11H2,1H3,(H,19,20,21). The van der Waals surface area contributed by atoms with Crippen molar-refractivity contribution in [3.8, 4) is 10.4 Å². The van der Waals surface area contributed by atoms with Crippen LogP contribution in [0.15, 0.2) is 36.4 Å². The molecule has 2 aromatic heterocycles. The first-order valence-electron chi connectivity index (χ1n) is 8.06. The molecule has 124 valence electrons. The third-order valence-corrected chi connectivity index (χ3v) is 5.02. The maximum atomic E-state index is 5.69. The fourth-order valence-electron chi connectivity index (χ4n) is 2.77. The molecule has 0 amide bonds. The Morgan fingerprint density at radius 2 is 2.08 bits per heavy atom. The summed E-state index contributed by atoms with van der Waals surface area (Å²) in [5.74, 6) is 1.64. The van der Waals surface area contributed by atoms with Gasteiger partial charge in [0.25, 0.3) is 0 Å². The van der Waals surface area contributed by atoms with Crippen LogP contribution >= 0.6 is 11.3 Å². The highest BCUT2D eigenvalue weighted by Gasteiger charge is 2.16. The van der Waals surface area contributed by atoms with E-state index in [1.165, 1.54) is 10.4 Å². The lowest BCUT2D eigenvalue weighted by atomic mass is 10.2. The van der Waals surface area contributed by atoms with Gasteiger partial charge in [0.1, 0.15) is 16.5 Å². The van der Waals surface area contributed by atoms with Crippen molar-refractivity contribution in [2.24, 2.45) is 0 Å². The molecule has 3 heterocycles. The molecule has 24 heavy (non-hydrogen) atoms. The molecule has 1 unspecified atom stereocenters. The Morgan fingerprint density at radius 1 is 1.21 bits per heavy atom. The SMILES string of the molecule is Cc1nc(NCC2COCCO2)c2cc(-c3ccccc3)sc2n1. The zero-order chi connectivity index (χ0) is 16.4. The minimum Gasteiger partial charge on any atom is -0.376 e. The van der Waals surface area contributed by atoms with Gasteiger partial charge in [-0.3, -0.25) is 0 Å². The van der Waals surface area contributed by atoms with E-state index in [1.807, 2.05) is 13.0 Å². The molecule has 1 saturated heterocycles. The molecule has 1 aromatic carbocycles. The van der Waals surface area contributed by atoms with E-state index < -0.39 is 0 Å². The molecule has 0 radical (unpaired) electrons. The fourth-order valence-corrected chi connectivity index (χ4v) is 3.85. The number of nitrogens with zero attached hydrogens (tertiary/aromatic N) is 2. The third-order valence-electron chi connectivity index (χ3n) is 3.94. The van der Waals surface area contributed by atoms with Crippen LogP contribution in [0.25, 0.3) is 20.7 Å². The molecule has 0 bridgehead atoms. The summed E-state index contributed by atoms with van der Waals surface area (Å²) < 4.78 is 11.1. The number of rotatable bonds is 4. The molecule has 1 N–H and O–H groups in total. The van der Waals surface area contributed by atoms with Crippen molar-refractivity contribution in [3.63, 3.8) is 0 Å². The molecular formula is C18H19N3O2S. The number of hydrogen-bond donors (Lipinski definition) is 1. The van der Waals surface area contributed by atoms with Gasteiger partial charge in [0.2, 0.25) is 0 Å². The van der Waals surface area contributed by atoms with Gasteiger partial charge in [-0.05, 0) is 18.6 Å². The summed E-state index contributed by atoms with van der Waals surface area (Å²) in [7, 11) is 0. The van der Waals surface area contributed by atoms with E-state index in [0.717, 1.165) is 21.9 Å². The number of hydrogen-bond acceptors (Lipinski definition) is 6. The normalized spacial score (nSPS) is 18.0. The second kappa shape index (κ2) is 6.84. The quantitative estimate of drug-likeness (QED) is 0.787. The Labute approximate surface area is 144 Å². The summed E-state index contributed by atoms with van der Waals surface area (Å²) in [5, 5.41) is 4.47. The van der Waals surface area contributed by atoms with Crippen LogP contribution in [-0.4, -0.2) is 42.4 Å². The van der Waals surface area contributed by atoms with Crippen LogP contribution in [0.5, 0.6) is 0 Å². The average Bonchev–Trinajstić information content (AvgIpc) is 3.05. The largest absolute Gasteiger partial charge is 0.376 e. The summed E-state index contributed by atoms with van der Waals surface area (Å²) in [6.07, 6.45) is 0.0660. The van der Waals surface area contributed by atoms with Crippen LogP contribution < -0.4 is 5.32 Å². The van der Waals surface area contributed by atoms with E-state index in [1.54, 1.807) is 11.3 Å². The Morgan fingerprint density at radius 3 is 2.88 bits per heavy atom. The van der Waals surface area contributed by atoms with E-state index in [2.05, 4.69) is 45.6 Å². The first-order chi connectivity index (χ1) is 11.8. The van der Waals surface area contributed by atoms with Gasteiger partial charge in [0.05, 0.1) is 31.3 Å². The Balaban J connectivity index is 1.63. The predicted octanol–water partition coefficient (Wildman–Crippen LogP) is 3.49. The molecule has 0 saturated carbocycles. The minimum atomic E-state index is 0.0660. The lowest BCUT2D eigenvalue weighted by Gasteiger charge is -2.23. The van der Waals surface area contributed by atoms with Crippen LogP contribution in [0.3, 0.4) is 0 Å². The predicted molar refractivity (Wildman–Crippen MR) is 96.6 cm³/mol. The number of fused-ring (bicyclic) bond motifs is 1. The van der Waals surface area contributed by atoms with Crippen LogP contribution in [0, 0.1) is 6.92 Å². The highest BCUT2D eigenvalue weighted by molar-refractivity contribution is 7.21. The molecule has 0 aliphatic carbocycles. The zero-order valence-corrected chi connectivity index (χ0v) is 14.3. The molecule has 3 aromatic rings. The summed E-state index contributed by atoms with van der Waals surface area (Å²) in [5.41, 5.74) is 1.20. The maximum absolute atomic E-state index is 5.69. The molecule has 6 heteroatoms. The number of aromatic nitrogens is 2. The summed E-state index contributed by atoms with van der Waals surface area (Å²) in [6, 6.07) is 12.5. The number of ether oxygens (including phenoxy) is 2. The van der Waals surface area contributed by atoms with Crippen LogP contribution in [-0.2, 0) is 9.47 Å². The van der Waals surface area contributed by atoms with E-state index >= 15 is 0 Å². The maximum Gasteiger partial charge on any atom is 0.138 e. The lowest BCUT2D eigenvalue weighted by molar-refractivity contribution is -0.0819. The first kappa shape index (κ1) is 15.5. The minimum absolute atomic E-state index is 0.0660. The second-order valence-corrected chi connectivity index (χ2v) is 6.79. The number of aryl methyl sites for hydroxylation is 1. The number of benzene rings is 1. The van der Waals surface area contributed by atoms with Crippen molar-refractivity contribution in [1.29, 1.82) is 0 Å². The highest BCUT2D eigenvalue weighted by atomic mass is 32.1. The van der Waals surface area contributed by atoms with Gasteiger partial charge in [-0.15, -0.1) is 11.3 Å². The summed E-state index contributed by atoms with van der Waals surface area (Å²) in [4.78, 5) is 11.4. The third kappa shape index (κ3) is 3.26. The molecule has 1 fully saturated rings. The van der Waals surface area contributed by atoms with E-state index in [0.29, 0.717) is 26.4 Å². The van der Waals surface area contributed by atoms with E-state index in [-0.39, 0.29) is 6.10 Å². The van der Waals surface area contributed by atoms with Crippen molar-refractivity contribution in [2.75, 3.05) is 31.7 Å². The van der Waals surface area contributed by atoms with Gasteiger partial charge >= 0.3 is 0 Å². The van der Waals surface area contributed by atoms with Crippen molar-refractivity contribution >= 4 is 27.4 Å². The average molecular weight is 341 g/mol. The number of nitrogens with one attached hydrogen (secondary N) is 1. The molecule has 1 aliphatic rings. The van der Waals surface area contributed by atoms with E-state index in [9.17, 15) is 0 Å². The zero-order valence-electron chi connectivity index (χ0n) is 13.5. The first-order valence-corrected chi connectivity index (χ1v) is 8.88.